The fourth-order valence-electron chi connectivity index (χ4n) is 10.5. The molecule has 0 saturated heterocycles. The molecule has 67 heavy (non-hydrogen) atoms. The lowest BCUT2D eigenvalue weighted by Crippen LogP contribution is -1.94. The normalized spacial score (nSPS) is 11.9. The lowest BCUT2D eigenvalue weighted by atomic mass is 9.94. The van der Waals surface area contributed by atoms with Crippen LogP contribution in [-0.4, -0.2) is 13.7 Å². The molecule has 0 spiro atoms. The van der Waals surface area contributed by atoms with Gasteiger partial charge < -0.3 is 13.7 Å². The molecule has 0 bridgehead atoms. The molecule has 0 aliphatic heterocycles. The van der Waals surface area contributed by atoms with Gasteiger partial charge in [-0.1, -0.05) is 158 Å². The van der Waals surface area contributed by atoms with Crippen molar-refractivity contribution in [3.05, 3.63) is 237 Å². The smallest absolute Gasteiger partial charge is 0.0711 e. The van der Waals surface area contributed by atoms with Gasteiger partial charge in [0.05, 0.1) is 42.5 Å². The van der Waals surface area contributed by atoms with Gasteiger partial charge in [0.15, 0.2) is 0 Å². The quantitative estimate of drug-likeness (QED) is 0.151. The summed E-state index contributed by atoms with van der Waals surface area (Å²) in [5, 5.41) is 4.92. The summed E-state index contributed by atoms with van der Waals surface area (Å²) in [5.74, 6) is 0. The van der Waals surface area contributed by atoms with E-state index in [9.17, 15) is 0 Å². The summed E-state index contributed by atoms with van der Waals surface area (Å²) in [4.78, 5) is 2.55. The van der Waals surface area contributed by atoms with Crippen LogP contribution < -0.4 is 0 Å². The summed E-state index contributed by atoms with van der Waals surface area (Å²) in [6.45, 7) is 0. The lowest BCUT2D eigenvalue weighted by molar-refractivity contribution is 1.17. The van der Waals surface area contributed by atoms with E-state index in [1.807, 2.05) is 22.7 Å². The van der Waals surface area contributed by atoms with Crippen LogP contribution in [0.5, 0.6) is 0 Å². The molecule has 0 aliphatic rings. The molecular formula is C62H39N3S2. The molecule has 0 unspecified atom stereocenters. The van der Waals surface area contributed by atoms with Gasteiger partial charge in [-0.3, -0.25) is 0 Å². The van der Waals surface area contributed by atoms with Crippen molar-refractivity contribution in [2.24, 2.45) is 0 Å². The topological polar surface area (TPSA) is 14.8 Å². The van der Waals surface area contributed by atoms with Crippen molar-refractivity contribution in [3.8, 4) is 60.2 Å². The first-order valence-electron chi connectivity index (χ1n) is 22.7. The van der Waals surface area contributed by atoms with Crippen molar-refractivity contribution < 1.29 is 0 Å². The number of aromatic nitrogens is 3. The number of hydrogen-bond donors (Lipinski definition) is 0. The molecule has 14 rings (SSSR count). The second-order valence-electron chi connectivity index (χ2n) is 17.3. The van der Waals surface area contributed by atoms with Crippen molar-refractivity contribution in [2.45, 2.75) is 0 Å². The number of hydrogen-bond acceptors (Lipinski definition) is 2. The van der Waals surface area contributed by atoms with Crippen molar-refractivity contribution >= 4 is 86.7 Å². The lowest BCUT2D eigenvalue weighted by Gasteiger charge is -2.12. The van der Waals surface area contributed by atoms with Crippen LogP contribution in [0.4, 0.5) is 0 Å². The van der Waals surface area contributed by atoms with E-state index in [1.54, 1.807) is 0 Å². The van der Waals surface area contributed by atoms with E-state index in [0.717, 1.165) is 11.4 Å². The van der Waals surface area contributed by atoms with Crippen LogP contribution in [0.2, 0.25) is 0 Å². The monoisotopic (exact) mass is 889 g/mol. The van der Waals surface area contributed by atoms with Crippen molar-refractivity contribution in [1.82, 2.24) is 13.7 Å². The maximum absolute atomic E-state index is 2.47. The molecule has 5 aromatic heterocycles. The highest BCUT2D eigenvalue weighted by Crippen LogP contribution is 2.48. The highest BCUT2D eigenvalue weighted by Gasteiger charge is 2.23. The highest BCUT2D eigenvalue weighted by atomic mass is 32.1. The Morgan fingerprint density at radius 2 is 0.642 bits per heavy atom. The van der Waals surface area contributed by atoms with Crippen LogP contribution >= 0.6 is 22.7 Å². The summed E-state index contributed by atoms with van der Waals surface area (Å²) in [5.41, 5.74) is 18.1. The van der Waals surface area contributed by atoms with E-state index >= 15 is 0 Å². The summed E-state index contributed by atoms with van der Waals surface area (Å²) in [6.07, 6.45) is 0. The number of fused-ring (bicyclic) bond motifs is 9. The fraction of sp³-hybridized carbons (Fsp3) is 0. The molecule has 5 heteroatoms. The number of thiophene rings is 2. The zero-order chi connectivity index (χ0) is 44.0. The van der Waals surface area contributed by atoms with Gasteiger partial charge in [-0.2, -0.15) is 0 Å². The van der Waals surface area contributed by atoms with Crippen LogP contribution in [0.25, 0.3) is 124 Å². The van der Waals surface area contributed by atoms with E-state index in [2.05, 4.69) is 250 Å². The second kappa shape index (κ2) is 15.2. The van der Waals surface area contributed by atoms with Gasteiger partial charge in [-0.15, -0.1) is 22.7 Å². The van der Waals surface area contributed by atoms with Gasteiger partial charge >= 0.3 is 0 Å². The predicted octanol–water partition coefficient (Wildman–Crippen LogP) is 17.8. The number of nitrogens with zero attached hydrogens (tertiary/aromatic N) is 3. The molecule has 314 valence electrons. The minimum absolute atomic E-state index is 1.14. The summed E-state index contributed by atoms with van der Waals surface area (Å²) in [7, 11) is 0. The van der Waals surface area contributed by atoms with Crippen molar-refractivity contribution in [1.29, 1.82) is 0 Å². The average molecular weight is 890 g/mol. The van der Waals surface area contributed by atoms with Crippen LogP contribution in [0.3, 0.4) is 0 Å². The van der Waals surface area contributed by atoms with Gasteiger partial charge in [-0.05, 0) is 112 Å². The van der Waals surface area contributed by atoms with E-state index in [1.165, 1.54) is 113 Å². The highest BCUT2D eigenvalue weighted by molar-refractivity contribution is 7.30. The number of rotatable bonds is 7. The maximum Gasteiger partial charge on any atom is 0.0711 e. The number of para-hydroxylation sites is 3. The van der Waals surface area contributed by atoms with Crippen LogP contribution in [0.15, 0.2) is 237 Å². The first kappa shape index (κ1) is 38.1. The number of benzene rings is 9. The molecular weight excluding hydrogens is 851 g/mol. The molecule has 0 atom stereocenters. The first-order valence-corrected chi connectivity index (χ1v) is 24.4. The summed E-state index contributed by atoms with van der Waals surface area (Å²) < 4.78 is 10.0. The van der Waals surface area contributed by atoms with Gasteiger partial charge in [0.25, 0.3) is 0 Å². The van der Waals surface area contributed by atoms with Gasteiger partial charge in [-0.25, -0.2) is 0 Å². The molecule has 0 saturated carbocycles. The van der Waals surface area contributed by atoms with E-state index in [-0.39, 0.29) is 0 Å². The molecule has 9 aromatic carbocycles. The Hall–Kier alpha value is -8.22. The van der Waals surface area contributed by atoms with Crippen molar-refractivity contribution in [3.63, 3.8) is 0 Å². The molecule has 0 amide bonds. The standard InChI is InChI=1S/C62H39N3S2/c1-6-18-40(19-7-1)47-28-16-17-29-48(47)42-30-32-49-51-36-56-52(37-55(51)64(54(49)35-42)45-24-12-4-13-25-45)50-34-43(31-33-53(50)63(56)44-22-10-3-11-23-44)60-39-58-62(67-60)61-57(65(58)46-26-14-5-15-27-46)38-59(66-61)41-20-8-2-9-21-41/h1-39H. The Morgan fingerprint density at radius 1 is 0.239 bits per heavy atom. The summed E-state index contributed by atoms with van der Waals surface area (Å²) >= 11 is 3.80. The average Bonchev–Trinajstić information content (AvgIpc) is 4.21. The third-order valence-electron chi connectivity index (χ3n) is 13.5. The largest absolute Gasteiger partial charge is 0.309 e. The molecule has 0 N–H and O–H groups in total. The zero-order valence-corrected chi connectivity index (χ0v) is 37.8. The van der Waals surface area contributed by atoms with Crippen LogP contribution in [-0.2, 0) is 0 Å². The minimum atomic E-state index is 1.14. The Morgan fingerprint density at radius 3 is 1.21 bits per heavy atom. The molecule has 3 nitrogen and oxygen atoms in total. The van der Waals surface area contributed by atoms with Crippen LogP contribution in [0, 0.1) is 0 Å². The molecule has 0 fully saturated rings. The Bertz CT molecular complexity index is 4170. The maximum atomic E-state index is 2.47. The Balaban J connectivity index is 1.01. The van der Waals surface area contributed by atoms with E-state index in [4.69, 9.17) is 0 Å². The minimum Gasteiger partial charge on any atom is -0.309 e. The zero-order valence-electron chi connectivity index (χ0n) is 36.2. The van der Waals surface area contributed by atoms with Crippen LogP contribution in [0.1, 0.15) is 0 Å². The summed E-state index contributed by atoms with van der Waals surface area (Å²) in [6, 6.07) is 86.6. The predicted molar refractivity (Wildman–Crippen MR) is 287 cm³/mol. The second-order valence-corrected chi connectivity index (χ2v) is 19.4. The van der Waals surface area contributed by atoms with E-state index < -0.39 is 0 Å². The third kappa shape index (κ3) is 6.02. The van der Waals surface area contributed by atoms with Gasteiger partial charge in [0, 0.05) is 48.4 Å². The Labute approximate surface area is 394 Å². The fourth-order valence-corrected chi connectivity index (χ4v) is 12.9. The van der Waals surface area contributed by atoms with Gasteiger partial charge in [0.2, 0.25) is 0 Å². The molecule has 14 aromatic rings. The van der Waals surface area contributed by atoms with Gasteiger partial charge in [0.1, 0.15) is 0 Å². The van der Waals surface area contributed by atoms with Crippen molar-refractivity contribution in [2.75, 3.05) is 0 Å². The molecule has 0 radical (unpaired) electrons. The van der Waals surface area contributed by atoms with E-state index in [0.29, 0.717) is 0 Å². The SMILES string of the molecule is c1ccc(-c2cc3c(s2)c2sc(-c4ccc5c(c4)c4cc6c(cc4n5-c4ccccc4)c4ccc(-c5ccccc5-c5ccccc5)cc4n6-c4ccccc4)cc2n3-c2ccccc2)cc1. The molecule has 5 heterocycles. The molecule has 0 aliphatic carbocycles. The third-order valence-corrected chi connectivity index (χ3v) is 16.0. The first-order chi connectivity index (χ1) is 33.2. The Kier molecular flexibility index (Phi) is 8.63.